The Balaban J connectivity index is 2.45. The zero-order valence-electron chi connectivity index (χ0n) is 14.4. The van der Waals surface area contributed by atoms with E-state index in [4.69, 9.17) is 21.1 Å². The Bertz CT molecular complexity index is 966. The molecule has 0 aromatic heterocycles. The number of nitro groups is 1. The third-order valence-electron chi connectivity index (χ3n) is 3.48. The first kappa shape index (κ1) is 19.8. The van der Waals surface area contributed by atoms with E-state index in [2.05, 4.69) is 5.32 Å². The minimum atomic E-state index is -0.733. The summed E-state index contributed by atoms with van der Waals surface area (Å²) in [4.78, 5) is 23.0. The van der Waals surface area contributed by atoms with E-state index in [9.17, 15) is 20.2 Å². The molecule has 0 atom stereocenters. The van der Waals surface area contributed by atoms with Crippen LogP contribution in [0.4, 0.5) is 11.4 Å². The first-order valence-electron chi connectivity index (χ1n) is 7.48. The Labute approximate surface area is 159 Å². The van der Waals surface area contributed by atoms with Crippen LogP contribution in [0.25, 0.3) is 6.08 Å². The third kappa shape index (κ3) is 4.74. The summed E-state index contributed by atoms with van der Waals surface area (Å²) in [5.74, 6) is -0.353. The van der Waals surface area contributed by atoms with Gasteiger partial charge in [0.2, 0.25) is 0 Å². The summed E-state index contributed by atoms with van der Waals surface area (Å²) in [6.45, 7) is 0. The van der Waals surface area contributed by atoms with E-state index in [0.717, 1.165) is 12.1 Å². The lowest BCUT2D eigenvalue weighted by atomic mass is 10.1. The van der Waals surface area contributed by atoms with Crippen LogP contribution in [-0.4, -0.2) is 25.1 Å². The molecular formula is C18H14ClN3O5. The van der Waals surface area contributed by atoms with Crippen LogP contribution in [0.2, 0.25) is 5.02 Å². The van der Waals surface area contributed by atoms with Gasteiger partial charge < -0.3 is 14.8 Å². The van der Waals surface area contributed by atoms with Crippen molar-refractivity contribution in [1.29, 1.82) is 5.26 Å². The summed E-state index contributed by atoms with van der Waals surface area (Å²) in [7, 11) is 2.71. The number of ether oxygens (including phenoxy) is 2. The van der Waals surface area contributed by atoms with Crippen molar-refractivity contribution < 1.29 is 19.2 Å². The second-order valence-corrected chi connectivity index (χ2v) is 5.59. The average molecular weight is 388 g/mol. The highest BCUT2D eigenvalue weighted by Crippen LogP contribution is 2.35. The fourth-order valence-electron chi connectivity index (χ4n) is 2.23. The van der Waals surface area contributed by atoms with Crippen LogP contribution in [-0.2, 0) is 4.79 Å². The van der Waals surface area contributed by atoms with Crippen LogP contribution in [0.15, 0.2) is 42.0 Å². The van der Waals surface area contributed by atoms with E-state index in [1.807, 2.05) is 0 Å². The lowest BCUT2D eigenvalue weighted by Gasteiger charge is -2.09. The van der Waals surface area contributed by atoms with Crippen molar-refractivity contribution in [3.8, 4) is 17.6 Å². The molecule has 0 aliphatic carbocycles. The fraction of sp³-hybridized carbons (Fsp3) is 0.111. The molecule has 0 spiro atoms. The van der Waals surface area contributed by atoms with Gasteiger partial charge >= 0.3 is 0 Å². The lowest BCUT2D eigenvalue weighted by Crippen LogP contribution is -2.13. The predicted molar refractivity (Wildman–Crippen MR) is 99.9 cm³/mol. The summed E-state index contributed by atoms with van der Waals surface area (Å²) >= 11 is 5.86. The number of carbonyl (C=O) groups is 1. The molecule has 0 aliphatic heterocycles. The molecule has 0 bridgehead atoms. The van der Waals surface area contributed by atoms with Gasteiger partial charge in [-0.15, -0.1) is 0 Å². The minimum Gasteiger partial charge on any atom is -0.493 e. The highest BCUT2D eigenvalue weighted by Gasteiger charge is 2.20. The second kappa shape index (κ2) is 8.69. The SMILES string of the molecule is COc1cc(/C=C(\C#N)C(=O)Nc2cccc(Cl)c2)c([N+](=O)[O-])cc1OC. The summed E-state index contributed by atoms with van der Waals surface area (Å²) in [6, 6.07) is 10.6. The standard InChI is InChI=1S/C18H14ClN3O5/c1-26-16-7-11(15(22(24)25)9-17(16)27-2)6-12(10-20)18(23)21-14-5-3-4-13(19)8-14/h3-9H,1-2H3,(H,21,23)/b12-6+. The average Bonchev–Trinajstić information content (AvgIpc) is 2.65. The van der Waals surface area contributed by atoms with Crippen LogP contribution in [0.3, 0.4) is 0 Å². The van der Waals surface area contributed by atoms with Gasteiger partial charge in [0.15, 0.2) is 11.5 Å². The molecule has 0 aliphatic rings. The van der Waals surface area contributed by atoms with Gasteiger partial charge in [-0.3, -0.25) is 14.9 Å². The van der Waals surface area contributed by atoms with Gasteiger partial charge in [0.25, 0.3) is 11.6 Å². The molecule has 9 heteroatoms. The first-order valence-corrected chi connectivity index (χ1v) is 7.86. The normalized spacial score (nSPS) is 10.7. The van der Waals surface area contributed by atoms with E-state index in [-0.39, 0.29) is 28.3 Å². The predicted octanol–water partition coefficient (Wildman–Crippen LogP) is 3.81. The minimum absolute atomic E-state index is 0.0236. The quantitative estimate of drug-likeness (QED) is 0.349. The van der Waals surface area contributed by atoms with Crippen molar-refractivity contribution in [2.75, 3.05) is 19.5 Å². The molecule has 0 heterocycles. The van der Waals surface area contributed by atoms with E-state index >= 15 is 0 Å². The maximum Gasteiger partial charge on any atom is 0.280 e. The molecule has 2 aromatic carbocycles. The molecule has 1 N–H and O–H groups in total. The molecule has 2 aromatic rings. The molecule has 0 saturated carbocycles. The summed E-state index contributed by atoms with van der Waals surface area (Å²) in [5.41, 5.74) is -0.257. The Hall–Kier alpha value is -3.57. The van der Waals surface area contributed by atoms with Crippen molar-refractivity contribution in [3.05, 3.63) is 62.7 Å². The molecule has 0 radical (unpaired) electrons. The van der Waals surface area contributed by atoms with E-state index in [1.54, 1.807) is 24.3 Å². The van der Waals surface area contributed by atoms with E-state index in [0.29, 0.717) is 10.7 Å². The van der Waals surface area contributed by atoms with Crippen LogP contribution in [0.1, 0.15) is 5.56 Å². The maximum atomic E-state index is 12.3. The van der Waals surface area contributed by atoms with Gasteiger partial charge in [0, 0.05) is 10.7 Å². The summed E-state index contributed by atoms with van der Waals surface area (Å²) in [6.07, 6.45) is 1.11. The molecule has 2 rings (SSSR count). The monoisotopic (exact) mass is 387 g/mol. The number of nitriles is 1. The van der Waals surface area contributed by atoms with Gasteiger partial charge in [-0.2, -0.15) is 5.26 Å². The van der Waals surface area contributed by atoms with E-state index in [1.165, 1.54) is 26.4 Å². The number of nitrogens with zero attached hydrogens (tertiary/aromatic N) is 2. The number of nitro benzene ring substituents is 1. The Kier molecular flexibility index (Phi) is 6.36. The maximum absolute atomic E-state index is 12.3. The molecule has 1 amide bonds. The van der Waals surface area contributed by atoms with E-state index < -0.39 is 10.8 Å². The number of hydrogen-bond donors (Lipinski definition) is 1. The number of carbonyl (C=O) groups excluding carboxylic acids is 1. The number of rotatable bonds is 6. The zero-order chi connectivity index (χ0) is 20.0. The lowest BCUT2D eigenvalue weighted by molar-refractivity contribution is -0.385. The molecular weight excluding hydrogens is 374 g/mol. The number of halogens is 1. The van der Waals surface area contributed by atoms with Gasteiger partial charge in [-0.1, -0.05) is 17.7 Å². The summed E-state index contributed by atoms with van der Waals surface area (Å²) in [5, 5.41) is 23.6. The van der Waals surface area contributed by atoms with Crippen LogP contribution >= 0.6 is 11.6 Å². The fourth-order valence-corrected chi connectivity index (χ4v) is 2.42. The molecule has 27 heavy (non-hydrogen) atoms. The molecule has 8 nitrogen and oxygen atoms in total. The van der Waals surface area contributed by atoms with Crippen LogP contribution in [0, 0.1) is 21.4 Å². The van der Waals surface area contributed by atoms with Gasteiger partial charge in [-0.05, 0) is 30.3 Å². The molecule has 0 fully saturated rings. The Morgan fingerprint density at radius 3 is 2.48 bits per heavy atom. The van der Waals surface area contributed by atoms with Crippen LogP contribution < -0.4 is 14.8 Å². The number of amides is 1. The largest absolute Gasteiger partial charge is 0.493 e. The number of anilines is 1. The smallest absolute Gasteiger partial charge is 0.280 e. The van der Waals surface area contributed by atoms with Crippen molar-refractivity contribution in [2.45, 2.75) is 0 Å². The van der Waals surface area contributed by atoms with Gasteiger partial charge in [-0.25, -0.2) is 0 Å². The Morgan fingerprint density at radius 2 is 1.93 bits per heavy atom. The Morgan fingerprint density at radius 1 is 1.26 bits per heavy atom. The topological polar surface area (TPSA) is 114 Å². The highest BCUT2D eigenvalue weighted by molar-refractivity contribution is 6.31. The first-order chi connectivity index (χ1) is 12.9. The van der Waals surface area contributed by atoms with Crippen molar-refractivity contribution >= 4 is 35.0 Å². The van der Waals surface area contributed by atoms with Gasteiger partial charge in [0.1, 0.15) is 11.6 Å². The number of hydrogen-bond acceptors (Lipinski definition) is 6. The zero-order valence-corrected chi connectivity index (χ0v) is 15.1. The highest BCUT2D eigenvalue weighted by atomic mass is 35.5. The molecule has 0 unspecified atom stereocenters. The molecule has 138 valence electrons. The number of nitrogens with one attached hydrogen (secondary N) is 1. The van der Waals surface area contributed by atoms with Crippen molar-refractivity contribution in [3.63, 3.8) is 0 Å². The van der Waals surface area contributed by atoms with Crippen molar-refractivity contribution in [2.24, 2.45) is 0 Å². The van der Waals surface area contributed by atoms with Crippen LogP contribution in [0.5, 0.6) is 11.5 Å². The second-order valence-electron chi connectivity index (χ2n) is 5.16. The molecule has 0 saturated heterocycles. The summed E-state index contributed by atoms with van der Waals surface area (Å²) < 4.78 is 10.2. The van der Waals surface area contributed by atoms with Crippen molar-refractivity contribution in [1.82, 2.24) is 0 Å². The van der Waals surface area contributed by atoms with Gasteiger partial charge in [0.05, 0.1) is 30.8 Å². The number of benzene rings is 2. The number of methoxy groups -OCH3 is 2. The third-order valence-corrected chi connectivity index (χ3v) is 3.71.